The lowest BCUT2D eigenvalue weighted by Crippen LogP contribution is -2.03. The summed E-state index contributed by atoms with van der Waals surface area (Å²) in [4.78, 5) is 4.33. The molecule has 0 unspecified atom stereocenters. The lowest BCUT2D eigenvalue weighted by Gasteiger charge is -2.10. The molecule has 2 N–H and O–H groups in total. The molecule has 146 valence electrons. The molecule has 0 aliphatic heterocycles. The average Bonchev–Trinajstić information content (AvgIpc) is 3.25. The number of nitrogens with zero attached hydrogens (tertiary/aromatic N) is 3. The van der Waals surface area contributed by atoms with Gasteiger partial charge in [-0.05, 0) is 67.0 Å². The second-order valence-corrected chi connectivity index (χ2v) is 7.67. The zero-order valence-electron chi connectivity index (χ0n) is 16.0. The topological polar surface area (TPSA) is 99.6 Å². The van der Waals surface area contributed by atoms with E-state index in [2.05, 4.69) is 17.1 Å². The van der Waals surface area contributed by atoms with Crippen LogP contribution in [0, 0.1) is 29.6 Å². The normalized spacial score (nSPS) is 14.0. The minimum Gasteiger partial charge on any atom is -0.457 e. The third-order valence-electron chi connectivity index (χ3n) is 5.09. The quantitative estimate of drug-likeness (QED) is 0.514. The van der Waals surface area contributed by atoms with E-state index in [1.165, 1.54) is 0 Å². The first-order valence-corrected chi connectivity index (χ1v) is 9.70. The number of fused-ring (bicyclic) bond motifs is 1. The molecule has 2 heterocycles. The van der Waals surface area contributed by atoms with Crippen molar-refractivity contribution in [2.75, 3.05) is 5.73 Å². The van der Waals surface area contributed by atoms with Crippen LogP contribution in [-0.4, -0.2) is 4.98 Å². The van der Waals surface area contributed by atoms with Crippen LogP contribution in [0.5, 0.6) is 0 Å². The number of hydrogen-bond acceptors (Lipinski definition) is 5. The monoisotopic (exact) mass is 432 g/mol. The minimum atomic E-state index is 0.119. The van der Waals surface area contributed by atoms with Gasteiger partial charge in [-0.15, -0.1) is 0 Å². The van der Waals surface area contributed by atoms with E-state index >= 15 is 0 Å². The van der Waals surface area contributed by atoms with E-state index in [9.17, 15) is 10.5 Å². The van der Waals surface area contributed by atoms with Crippen LogP contribution in [0.1, 0.15) is 35.1 Å². The fourth-order valence-corrected chi connectivity index (χ4v) is 4.10. The zero-order chi connectivity index (χ0) is 21.6. The highest BCUT2D eigenvalue weighted by Gasteiger charge is 2.29. The Kier molecular flexibility index (Phi) is 4.87. The summed E-state index contributed by atoms with van der Waals surface area (Å²) in [6, 6.07) is 13.1. The van der Waals surface area contributed by atoms with Crippen LogP contribution in [0.4, 0.5) is 5.82 Å². The summed E-state index contributed by atoms with van der Waals surface area (Å²) in [7, 11) is 0. The molecule has 0 saturated heterocycles. The van der Waals surface area contributed by atoms with Gasteiger partial charge in [0.05, 0.1) is 21.9 Å². The second-order valence-electron chi connectivity index (χ2n) is 6.83. The Bertz CT molecular complexity index is 1370. The predicted octanol–water partition coefficient (Wildman–Crippen LogP) is 6.26. The summed E-state index contributed by atoms with van der Waals surface area (Å²) in [5.41, 5.74) is 10.8. The zero-order valence-corrected chi connectivity index (χ0v) is 17.6. The van der Waals surface area contributed by atoms with Gasteiger partial charge in [0.1, 0.15) is 29.5 Å². The number of nitriles is 2. The molecule has 0 amide bonds. The molecule has 0 saturated carbocycles. The van der Waals surface area contributed by atoms with Crippen LogP contribution in [-0.2, 0) is 0 Å². The van der Waals surface area contributed by atoms with Crippen LogP contribution in [0.3, 0.4) is 0 Å². The third-order valence-corrected chi connectivity index (χ3v) is 5.64. The first-order chi connectivity index (χ1) is 14.3. The van der Waals surface area contributed by atoms with E-state index in [0.717, 1.165) is 22.3 Å². The van der Waals surface area contributed by atoms with Crippen molar-refractivity contribution in [1.29, 1.82) is 10.5 Å². The van der Waals surface area contributed by atoms with Gasteiger partial charge < -0.3 is 10.2 Å². The Morgan fingerprint density at radius 1 is 1.10 bits per heavy atom. The third kappa shape index (κ3) is 3.06. The maximum absolute atomic E-state index is 9.65. The summed E-state index contributed by atoms with van der Waals surface area (Å²) in [6.45, 7) is 3.64. The molecule has 2 aromatic heterocycles. The molecule has 0 bridgehead atoms. The molecule has 4 rings (SSSR count). The van der Waals surface area contributed by atoms with Crippen molar-refractivity contribution in [2.24, 2.45) is 0 Å². The summed E-state index contributed by atoms with van der Waals surface area (Å²) in [5, 5.41) is 20.1. The minimum absolute atomic E-state index is 0.119. The Labute approximate surface area is 183 Å². The lowest BCUT2D eigenvalue weighted by molar-refractivity contribution is 0.572. The van der Waals surface area contributed by atoms with Gasteiger partial charge in [0.15, 0.2) is 0 Å². The largest absolute Gasteiger partial charge is 0.457 e. The number of pyridine rings is 1. The second kappa shape index (κ2) is 7.39. The molecule has 1 aromatic carbocycles. The van der Waals surface area contributed by atoms with Crippen molar-refractivity contribution in [2.45, 2.75) is 13.8 Å². The smallest absolute Gasteiger partial charge is 0.142 e. The van der Waals surface area contributed by atoms with Gasteiger partial charge in [-0.2, -0.15) is 10.5 Å². The van der Waals surface area contributed by atoms with E-state index in [-0.39, 0.29) is 5.82 Å². The fraction of sp³-hybridized carbons (Fsp3) is 0.0870. The first kappa shape index (κ1) is 19.8. The summed E-state index contributed by atoms with van der Waals surface area (Å²) in [5.74, 6) is 1.28. The molecule has 3 aromatic rings. The highest BCUT2D eigenvalue weighted by molar-refractivity contribution is 6.36. The van der Waals surface area contributed by atoms with Gasteiger partial charge >= 0.3 is 0 Å². The summed E-state index contributed by atoms with van der Waals surface area (Å²) < 4.78 is 5.99. The summed E-state index contributed by atoms with van der Waals surface area (Å²) in [6.07, 6.45) is 1.83. The maximum atomic E-state index is 9.65. The van der Waals surface area contributed by atoms with E-state index in [0.29, 0.717) is 44.0 Å². The molecule has 0 radical (unpaired) electrons. The number of hydrogen-bond donors (Lipinski definition) is 1. The maximum Gasteiger partial charge on any atom is 0.142 e. The van der Waals surface area contributed by atoms with Gasteiger partial charge in [-0.25, -0.2) is 4.98 Å². The molecule has 0 atom stereocenters. The number of rotatable bonds is 2. The van der Waals surface area contributed by atoms with Gasteiger partial charge in [0, 0.05) is 16.1 Å². The average molecular weight is 433 g/mol. The number of furan rings is 1. The fourth-order valence-electron chi connectivity index (χ4n) is 3.60. The van der Waals surface area contributed by atoms with E-state index in [1.807, 2.05) is 25.1 Å². The highest BCUT2D eigenvalue weighted by Crippen LogP contribution is 2.44. The van der Waals surface area contributed by atoms with Crippen LogP contribution in [0.15, 0.2) is 40.3 Å². The summed E-state index contributed by atoms with van der Waals surface area (Å²) >= 11 is 12.3. The molecule has 5 nitrogen and oxygen atoms in total. The Morgan fingerprint density at radius 3 is 2.53 bits per heavy atom. The van der Waals surface area contributed by atoms with Crippen LogP contribution < -0.4 is 5.73 Å². The molecule has 1 aliphatic carbocycles. The number of allylic oxidation sites excluding steroid dienone is 3. The number of nitrogen functional groups attached to an aromatic ring is 1. The molecule has 30 heavy (non-hydrogen) atoms. The molecule has 0 spiro atoms. The van der Waals surface area contributed by atoms with Crippen LogP contribution in [0.25, 0.3) is 28.5 Å². The Morgan fingerprint density at radius 2 is 1.87 bits per heavy atom. The molecule has 7 heteroatoms. The van der Waals surface area contributed by atoms with Gasteiger partial charge in [-0.3, -0.25) is 0 Å². The van der Waals surface area contributed by atoms with Gasteiger partial charge in [0.25, 0.3) is 0 Å². The van der Waals surface area contributed by atoms with Crippen molar-refractivity contribution in [1.82, 2.24) is 4.98 Å². The van der Waals surface area contributed by atoms with E-state index in [4.69, 9.17) is 33.4 Å². The van der Waals surface area contributed by atoms with Crippen molar-refractivity contribution in [3.05, 3.63) is 74.1 Å². The van der Waals surface area contributed by atoms with Crippen molar-refractivity contribution >= 4 is 46.2 Å². The standard InChI is InChI=1S/C23H14Cl2N4O/c1-11-16(21-12(2)18(10-27)23(28)29-22(21)17(11)9-26)8-14-4-6-20(30-14)15-5-3-13(24)7-19(15)25/h3-8H,1-2H3,(H2,28,29)/b16-8+. The first-order valence-electron chi connectivity index (χ1n) is 8.95. The number of benzene rings is 1. The number of nitrogens with two attached hydrogens (primary N) is 1. The van der Waals surface area contributed by atoms with Crippen LogP contribution in [0.2, 0.25) is 10.0 Å². The molecule has 0 fully saturated rings. The Hall–Kier alpha value is -3.51. The van der Waals surface area contributed by atoms with Crippen molar-refractivity contribution < 1.29 is 4.42 Å². The van der Waals surface area contributed by atoms with E-state index < -0.39 is 0 Å². The van der Waals surface area contributed by atoms with Crippen LogP contribution >= 0.6 is 23.2 Å². The van der Waals surface area contributed by atoms with Crippen molar-refractivity contribution in [3.63, 3.8) is 0 Å². The van der Waals surface area contributed by atoms with Crippen molar-refractivity contribution in [3.8, 4) is 23.5 Å². The number of anilines is 1. The SMILES string of the molecule is CC1=C(C#N)c2nc(N)c(C#N)c(C)c2/C1=C/c1ccc(-c2ccc(Cl)cc2Cl)o1. The predicted molar refractivity (Wildman–Crippen MR) is 118 cm³/mol. The molecule has 1 aliphatic rings. The number of aromatic nitrogens is 1. The van der Waals surface area contributed by atoms with E-state index in [1.54, 1.807) is 25.1 Å². The van der Waals surface area contributed by atoms with Gasteiger partial charge in [-0.1, -0.05) is 23.2 Å². The number of halogens is 2. The lowest BCUT2D eigenvalue weighted by atomic mass is 9.96. The Balaban J connectivity index is 1.87. The van der Waals surface area contributed by atoms with Gasteiger partial charge in [0.2, 0.25) is 0 Å². The molecular weight excluding hydrogens is 419 g/mol. The molecular formula is C23H14Cl2N4O. The highest BCUT2D eigenvalue weighted by atomic mass is 35.5.